The molecule has 1 aromatic heterocycles. The molecule has 0 fully saturated rings. The van der Waals surface area contributed by atoms with E-state index in [-0.39, 0.29) is 6.03 Å². The molecule has 2 aromatic carbocycles. The van der Waals surface area contributed by atoms with Crippen LogP contribution in [0.25, 0.3) is 10.9 Å². The molecular weight excluding hydrogens is 298 g/mol. The van der Waals surface area contributed by atoms with Gasteiger partial charge < -0.3 is 15.6 Å². The first-order chi connectivity index (χ1) is 11.6. The standard InChI is InChI=1S/C20H23N3O/c1-14-7-3-4-8-16(14)13-22-20(24)21-12-11-17-15(2)23-19-10-6-5-9-18(17)19/h3-10,23H,11-13H2,1-2H3,(H2,21,22,24). The number of aromatic nitrogens is 1. The van der Waals surface area contributed by atoms with E-state index in [2.05, 4.69) is 47.7 Å². The summed E-state index contributed by atoms with van der Waals surface area (Å²) in [4.78, 5) is 15.4. The highest BCUT2D eigenvalue weighted by Gasteiger charge is 2.08. The first-order valence-corrected chi connectivity index (χ1v) is 8.27. The highest BCUT2D eigenvalue weighted by molar-refractivity contribution is 5.84. The minimum absolute atomic E-state index is 0.129. The summed E-state index contributed by atoms with van der Waals surface area (Å²) in [5.74, 6) is 0. The molecule has 0 bridgehead atoms. The van der Waals surface area contributed by atoms with Crippen molar-refractivity contribution >= 4 is 16.9 Å². The second-order valence-corrected chi connectivity index (χ2v) is 6.06. The highest BCUT2D eigenvalue weighted by Crippen LogP contribution is 2.21. The molecule has 4 heteroatoms. The lowest BCUT2D eigenvalue weighted by Gasteiger charge is -2.09. The Morgan fingerprint density at radius 3 is 2.58 bits per heavy atom. The molecule has 2 amide bonds. The quantitative estimate of drug-likeness (QED) is 0.657. The van der Waals surface area contributed by atoms with Crippen LogP contribution >= 0.6 is 0 Å². The number of fused-ring (bicyclic) bond motifs is 1. The number of carbonyl (C=O) groups is 1. The summed E-state index contributed by atoms with van der Waals surface area (Å²) in [6.07, 6.45) is 0.813. The van der Waals surface area contributed by atoms with E-state index >= 15 is 0 Å². The third-order valence-corrected chi connectivity index (χ3v) is 4.39. The Kier molecular flexibility index (Phi) is 4.85. The van der Waals surface area contributed by atoms with Gasteiger partial charge in [0.25, 0.3) is 0 Å². The molecule has 0 aliphatic heterocycles. The smallest absolute Gasteiger partial charge is 0.315 e. The van der Waals surface area contributed by atoms with Gasteiger partial charge in [-0.15, -0.1) is 0 Å². The summed E-state index contributed by atoms with van der Waals surface area (Å²) < 4.78 is 0. The fourth-order valence-electron chi connectivity index (χ4n) is 3.00. The average Bonchev–Trinajstić information content (AvgIpc) is 2.90. The van der Waals surface area contributed by atoms with E-state index in [0.717, 1.165) is 17.5 Å². The molecule has 3 N–H and O–H groups in total. The number of benzene rings is 2. The van der Waals surface area contributed by atoms with Crippen LogP contribution in [0.4, 0.5) is 4.79 Å². The number of nitrogens with one attached hydrogen (secondary N) is 3. The second kappa shape index (κ2) is 7.21. The Morgan fingerprint density at radius 2 is 1.75 bits per heavy atom. The van der Waals surface area contributed by atoms with Gasteiger partial charge in [-0.25, -0.2) is 4.79 Å². The van der Waals surface area contributed by atoms with Crippen LogP contribution in [0.1, 0.15) is 22.4 Å². The monoisotopic (exact) mass is 321 g/mol. The maximum absolute atomic E-state index is 12.0. The van der Waals surface area contributed by atoms with Gasteiger partial charge in [0.15, 0.2) is 0 Å². The first-order valence-electron chi connectivity index (χ1n) is 8.27. The Bertz CT molecular complexity index is 851. The largest absolute Gasteiger partial charge is 0.358 e. The molecule has 24 heavy (non-hydrogen) atoms. The van der Waals surface area contributed by atoms with E-state index in [0.29, 0.717) is 13.1 Å². The van der Waals surface area contributed by atoms with Crippen molar-refractivity contribution in [3.05, 3.63) is 70.9 Å². The van der Waals surface area contributed by atoms with Crippen molar-refractivity contribution in [1.82, 2.24) is 15.6 Å². The van der Waals surface area contributed by atoms with Gasteiger partial charge in [-0.1, -0.05) is 42.5 Å². The molecule has 0 unspecified atom stereocenters. The normalized spacial score (nSPS) is 10.8. The fraction of sp³-hybridized carbons (Fsp3) is 0.250. The molecule has 0 aliphatic carbocycles. The zero-order chi connectivity index (χ0) is 16.9. The maximum atomic E-state index is 12.0. The van der Waals surface area contributed by atoms with Crippen molar-refractivity contribution < 1.29 is 4.79 Å². The molecule has 0 aliphatic rings. The number of hydrogen-bond donors (Lipinski definition) is 3. The summed E-state index contributed by atoms with van der Waals surface area (Å²) in [7, 11) is 0. The second-order valence-electron chi connectivity index (χ2n) is 6.06. The van der Waals surface area contributed by atoms with E-state index in [1.807, 2.05) is 30.3 Å². The lowest BCUT2D eigenvalue weighted by molar-refractivity contribution is 0.240. The molecular formula is C20H23N3O. The van der Waals surface area contributed by atoms with Gasteiger partial charge in [-0.3, -0.25) is 0 Å². The Balaban J connectivity index is 1.51. The Labute approximate surface area is 142 Å². The van der Waals surface area contributed by atoms with Crippen molar-refractivity contribution in [3.8, 4) is 0 Å². The highest BCUT2D eigenvalue weighted by atomic mass is 16.2. The van der Waals surface area contributed by atoms with E-state index < -0.39 is 0 Å². The number of rotatable bonds is 5. The fourth-order valence-corrected chi connectivity index (χ4v) is 3.00. The number of para-hydroxylation sites is 1. The molecule has 124 valence electrons. The van der Waals surface area contributed by atoms with Gasteiger partial charge in [0.05, 0.1) is 0 Å². The minimum atomic E-state index is -0.129. The van der Waals surface area contributed by atoms with E-state index in [1.54, 1.807) is 0 Å². The molecule has 4 nitrogen and oxygen atoms in total. The van der Waals surface area contributed by atoms with Crippen LogP contribution in [-0.2, 0) is 13.0 Å². The molecule has 0 atom stereocenters. The third-order valence-electron chi connectivity index (χ3n) is 4.39. The Morgan fingerprint density at radius 1 is 1.00 bits per heavy atom. The predicted molar refractivity (Wildman–Crippen MR) is 98.2 cm³/mol. The van der Waals surface area contributed by atoms with Crippen LogP contribution in [0.2, 0.25) is 0 Å². The summed E-state index contributed by atoms with van der Waals surface area (Å²) in [5, 5.41) is 7.09. The number of hydrogen-bond acceptors (Lipinski definition) is 1. The van der Waals surface area contributed by atoms with Crippen LogP contribution < -0.4 is 10.6 Å². The van der Waals surface area contributed by atoms with Crippen LogP contribution in [-0.4, -0.2) is 17.6 Å². The Hall–Kier alpha value is -2.75. The lowest BCUT2D eigenvalue weighted by Crippen LogP contribution is -2.36. The third kappa shape index (κ3) is 3.59. The number of carbonyl (C=O) groups excluding carboxylic acids is 1. The summed E-state index contributed by atoms with van der Waals surface area (Å²) in [6, 6.07) is 16.2. The zero-order valence-electron chi connectivity index (χ0n) is 14.1. The zero-order valence-corrected chi connectivity index (χ0v) is 14.1. The number of amides is 2. The maximum Gasteiger partial charge on any atom is 0.315 e. The summed E-state index contributed by atoms with van der Waals surface area (Å²) >= 11 is 0. The van der Waals surface area contributed by atoms with Crippen molar-refractivity contribution in [3.63, 3.8) is 0 Å². The SMILES string of the molecule is Cc1ccccc1CNC(=O)NCCc1c(C)[nH]c2ccccc12. The molecule has 1 heterocycles. The molecule has 3 aromatic rings. The van der Waals surface area contributed by atoms with E-state index in [9.17, 15) is 4.79 Å². The van der Waals surface area contributed by atoms with Gasteiger partial charge in [0.2, 0.25) is 0 Å². The van der Waals surface area contributed by atoms with Gasteiger partial charge in [0.1, 0.15) is 0 Å². The topological polar surface area (TPSA) is 56.9 Å². The molecule has 3 rings (SSSR count). The number of aryl methyl sites for hydroxylation is 2. The van der Waals surface area contributed by atoms with Crippen LogP contribution in [0.15, 0.2) is 48.5 Å². The predicted octanol–water partition coefficient (Wildman–Crippen LogP) is 3.83. The van der Waals surface area contributed by atoms with Crippen LogP contribution in [0, 0.1) is 13.8 Å². The van der Waals surface area contributed by atoms with Crippen LogP contribution in [0.3, 0.4) is 0 Å². The summed E-state index contributed by atoms with van der Waals surface area (Å²) in [6.45, 7) is 5.29. The van der Waals surface area contributed by atoms with Crippen molar-refractivity contribution in [2.45, 2.75) is 26.8 Å². The van der Waals surface area contributed by atoms with Crippen molar-refractivity contribution in [1.29, 1.82) is 0 Å². The van der Waals surface area contributed by atoms with Gasteiger partial charge in [0, 0.05) is 29.7 Å². The van der Waals surface area contributed by atoms with Gasteiger partial charge >= 0.3 is 6.03 Å². The average molecular weight is 321 g/mol. The lowest BCUT2D eigenvalue weighted by atomic mass is 10.1. The van der Waals surface area contributed by atoms with Gasteiger partial charge in [-0.2, -0.15) is 0 Å². The van der Waals surface area contributed by atoms with Gasteiger partial charge in [-0.05, 0) is 43.0 Å². The molecule has 0 radical (unpaired) electrons. The molecule has 0 spiro atoms. The molecule has 0 saturated heterocycles. The number of H-pyrrole nitrogens is 1. The molecule has 0 saturated carbocycles. The van der Waals surface area contributed by atoms with Crippen LogP contribution in [0.5, 0.6) is 0 Å². The number of urea groups is 1. The van der Waals surface area contributed by atoms with Crippen molar-refractivity contribution in [2.24, 2.45) is 0 Å². The van der Waals surface area contributed by atoms with Crippen molar-refractivity contribution in [2.75, 3.05) is 6.54 Å². The van der Waals surface area contributed by atoms with E-state index in [4.69, 9.17) is 0 Å². The summed E-state index contributed by atoms with van der Waals surface area (Å²) in [5.41, 5.74) is 5.91. The van der Waals surface area contributed by atoms with E-state index in [1.165, 1.54) is 22.2 Å². The minimum Gasteiger partial charge on any atom is -0.358 e. The first kappa shape index (κ1) is 16.1. The number of aromatic amines is 1.